The molecule has 0 aliphatic carbocycles. The first-order valence-electron chi connectivity index (χ1n) is 9.88. The van der Waals surface area contributed by atoms with E-state index in [-0.39, 0.29) is 55.8 Å². The van der Waals surface area contributed by atoms with Crippen LogP contribution < -0.4 is 11.2 Å². The molecule has 1 N–H and O–H groups in total. The molecule has 11 heteroatoms. The molecule has 3 atom stereocenters. The van der Waals surface area contributed by atoms with Crippen molar-refractivity contribution in [3.05, 3.63) is 32.6 Å². The lowest BCUT2D eigenvalue weighted by atomic mass is 10.1. The van der Waals surface area contributed by atoms with E-state index in [4.69, 9.17) is 14.2 Å². The van der Waals surface area contributed by atoms with Gasteiger partial charge in [-0.25, -0.2) is 4.79 Å². The van der Waals surface area contributed by atoms with E-state index in [1.54, 1.807) is 0 Å². The monoisotopic (exact) mass is 438 g/mol. The Morgan fingerprint density at radius 1 is 1.06 bits per heavy atom. The Morgan fingerprint density at radius 3 is 2.29 bits per heavy atom. The van der Waals surface area contributed by atoms with Gasteiger partial charge in [0.1, 0.15) is 36.6 Å². The number of carbonyl (C=O) groups is 4. The minimum Gasteiger partial charge on any atom is -0.463 e. The largest absolute Gasteiger partial charge is 0.463 e. The maximum atomic E-state index is 12.2. The van der Waals surface area contributed by atoms with Crippen LogP contribution in [0.15, 0.2) is 15.8 Å². The Kier molecular flexibility index (Phi) is 8.43. The lowest BCUT2D eigenvalue weighted by Crippen LogP contribution is -2.33. The Balaban J connectivity index is 2.11. The van der Waals surface area contributed by atoms with Crippen molar-refractivity contribution in [2.75, 3.05) is 6.61 Å². The summed E-state index contributed by atoms with van der Waals surface area (Å²) in [7, 11) is 0. The quantitative estimate of drug-likeness (QED) is 0.509. The van der Waals surface area contributed by atoms with Crippen molar-refractivity contribution in [1.82, 2.24) is 9.55 Å². The molecule has 1 aromatic heterocycles. The first-order valence-corrected chi connectivity index (χ1v) is 9.88. The summed E-state index contributed by atoms with van der Waals surface area (Å²) in [5, 5.41) is 0. The number of aryl methyl sites for hydroxylation is 1. The van der Waals surface area contributed by atoms with Crippen LogP contribution in [0.4, 0.5) is 0 Å². The minimum absolute atomic E-state index is 0.0269. The zero-order valence-corrected chi connectivity index (χ0v) is 17.7. The number of nitrogens with one attached hydrogen (secondary N) is 1. The normalized spacial score (nSPS) is 20.3. The number of esters is 2. The number of aromatic nitrogens is 2. The first-order chi connectivity index (χ1) is 14.6. The zero-order chi connectivity index (χ0) is 23.1. The smallest absolute Gasteiger partial charge is 0.330 e. The summed E-state index contributed by atoms with van der Waals surface area (Å²) in [5.41, 5.74) is -0.930. The van der Waals surface area contributed by atoms with Crippen LogP contribution in [0.25, 0.3) is 0 Å². The molecule has 0 radical (unpaired) electrons. The number of aromatic amines is 1. The van der Waals surface area contributed by atoms with Crippen molar-refractivity contribution in [2.24, 2.45) is 0 Å². The second-order valence-electron chi connectivity index (χ2n) is 7.46. The van der Waals surface area contributed by atoms with Crippen LogP contribution in [-0.4, -0.2) is 51.9 Å². The van der Waals surface area contributed by atoms with Crippen LogP contribution in [-0.2, 0) is 33.4 Å². The van der Waals surface area contributed by atoms with Crippen LogP contribution in [0, 0.1) is 6.92 Å². The Bertz CT molecular complexity index is 962. The molecule has 0 aromatic carbocycles. The molecular formula is C20H26N2O9. The van der Waals surface area contributed by atoms with Crippen molar-refractivity contribution in [3.8, 4) is 0 Å². The van der Waals surface area contributed by atoms with E-state index in [2.05, 4.69) is 4.98 Å². The summed E-state index contributed by atoms with van der Waals surface area (Å²) < 4.78 is 17.5. The number of rotatable bonds is 10. The highest BCUT2D eigenvalue weighted by Gasteiger charge is 2.40. The van der Waals surface area contributed by atoms with E-state index < -0.39 is 41.6 Å². The summed E-state index contributed by atoms with van der Waals surface area (Å²) in [6, 6.07) is 0. The van der Waals surface area contributed by atoms with Crippen molar-refractivity contribution < 1.29 is 33.4 Å². The number of ketones is 2. The summed E-state index contributed by atoms with van der Waals surface area (Å²) >= 11 is 0. The van der Waals surface area contributed by atoms with Crippen molar-refractivity contribution in [2.45, 2.75) is 71.3 Å². The number of nitrogens with zero attached hydrogens (tertiary/aromatic N) is 1. The van der Waals surface area contributed by atoms with Crippen LogP contribution in [0.3, 0.4) is 0 Å². The molecule has 2 heterocycles. The van der Waals surface area contributed by atoms with E-state index in [9.17, 15) is 28.8 Å². The summed E-state index contributed by atoms with van der Waals surface area (Å²) in [6.45, 7) is 3.99. The van der Waals surface area contributed by atoms with Gasteiger partial charge in [-0.05, 0) is 20.8 Å². The van der Waals surface area contributed by atoms with E-state index in [0.29, 0.717) is 0 Å². The number of hydrogen-bond acceptors (Lipinski definition) is 9. The number of H-pyrrole nitrogens is 1. The number of Topliss-reactive ketones (excluding diaryl/α,β-unsaturated/α-hetero) is 2. The van der Waals surface area contributed by atoms with E-state index in [1.807, 2.05) is 0 Å². The fourth-order valence-electron chi connectivity index (χ4n) is 2.98. The molecule has 2 rings (SSSR count). The molecular weight excluding hydrogens is 412 g/mol. The third-order valence-electron chi connectivity index (χ3n) is 4.69. The van der Waals surface area contributed by atoms with Gasteiger partial charge in [-0.2, -0.15) is 0 Å². The van der Waals surface area contributed by atoms with Gasteiger partial charge in [0.15, 0.2) is 0 Å². The first kappa shape index (κ1) is 24.2. The van der Waals surface area contributed by atoms with Gasteiger partial charge >= 0.3 is 17.6 Å². The van der Waals surface area contributed by atoms with Crippen LogP contribution in [0.1, 0.15) is 57.7 Å². The van der Waals surface area contributed by atoms with Gasteiger partial charge in [0, 0.05) is 31.0 Å². The number of ether oxygens (including phenoxy) is 3. The molecule has 1 aliphatic rings. The van der Waals surface area contributed by atoms with Gasteiger partial charge in [0.2, 0.25) is 0 Å². The number of hydrogen-bond donors (Lipinski definition) is 1. The third kappa shape index (κ3) is 7.28. The van der Waals surface area contributed by atoms with Crippen molar-refractivity contribution in [3.63, 3.8) is 0 Å². The fourth-order valence-corrected chi connectivity index (χ4v) is 2.98. The summed E-state index contributed by atoms with van der Waals surface area (Å²) in [4.78, 5) is 72.0. The van der Waals surface area contributed by atoms with Crippen LogP contribution in [0.2, 0.25) is 0 Å². The average molecular weight is 438 g/mol. The topological polar surface area (TPSA) is 151 Å². The van der Waals surface area contributed by atoms with Gasteiger partial charge in [-0.3, -0.25) is 23.9 Å². The van der Waals surface area contributed by atoms with E-state index in [1.165, 1.54) is 31.5 Å². The predicted octanol–water partition coefficient (Wildman–Crippen LogP) is 0.326. The molecule has 11 nitrogen and oxygen atoms in total. The standard InChI is InChI=1S/C20H26N2O9/c1-11-9-22(20(28)21-19(11)27)16-8-14(31-18(26)7-5-13(3)24)15(30-16)10-29-17(25)6-4-12(2)23/h9,14-16H,4-8,10H2,1-3H3,(H,21,27,28)/t14-,15+,16-/m0/s1. The van der Waals surface area contributed by atoms with Gasteiger partial charge < -0.3 is 23.8 Å². The van der Waals surface area contributed by atoms with E-state index in [0.717, 1.165) is 0 Å². The minimum atomic E-state index is -0.869. The van der Waals surface area contributed by atoms with Crippen molar-refractivity contribution in [1.29, 1.82) is 0 Å². The lowest BCUT2D eigenvalue weighted by molar-refractivity contribution is -0.159. The van der Waals surface area contributed by atoms with Gasteiger partial charge in [0.05, 0.1) is 12.8 Å². The number of carbonyl (C=O) groups excluding carboxylic acids is 4. The predicted molar refractivity (Wildman–Crippen MR) is 105 cm³/mol. The van der Waals surface area contributed by atoms with Gasteiger partial charge in [0.25, 0.3) is 5.56 Å². The Morgan fingerprint density at radius 2 is 1.68 bits per heavy atom. The second-order valence-corrected chi connectivity index (χ2v) is 7.46. The molecule has 1 saturated heterocycles. The SMILES string of the molecule is CC(=O)CCC(=O)OC[C@H]1O[C@H](n2cc(C)c(=O)[nH]c2=O)C[C@@H]1OC(=O)CCC(C)=O. The molecule has 0 bridgehead atoms. The van der Waals surface area contributed by atoms with Crippen LogP contribution in [0.5, 0.6) is 0 Å². The molecule has 0 spiro atoms. The molecule has 1 aliphatic heterocycles. The third-order valence-corrected chi connectivity index (χ3v) is 4.69. The highest BCUT2D eigenvalue weighted by atomic mass is 16.6. The Hall–Kier alpha value is -3.08. The van der Waals surface area contributed by atoms with Gasteiger partial charge in [-0.1, -0.05) is 0 Å². The zero-order valence-electron chi connectivity index (χ0n) is 17.7. The maximum Gasteiger partial charge on any atom is 0.330 e. The highest BCUT2D eigenvalue weighted by Crippen LogP contribution is 2.30. The molecule has 31 heavy (non-hydrogen) atoms. The van der Waals surface area contributed by atoms with Gasteiger partial charge in [-0.15, -0.1) is 0 Å². The molecule has 170 valence electrons. The molecule has 0 unspecified atom stereocenters. The molecule has 1 fully saturated rings. The van der Waals surface area contributed by atoms with Crippen LogP contribution >= 0.6 is 0 Å². The van der Waals surface area contributed by atoms with E-state index >= 15 is 0 Å². The molecule has 1 aromatic rings. The summed E-state index contributed by atoms with van der Waals surface area (Å²) in [5.74, 6) is -1.55. The Labute approximate surface area is 177 Å². The summed E-state index contributed by atoms with van der Waals surface area (Å²) in [6.07, 6.45) is -1.30. The lowest BCUT2D eigenvalue weighted by Gasteiger charge is -2.19. The fraction of sp³-hybridized carbons (Fsp3) is 0.600. The highest BCUT2D eigenvalue weighted by molar-refractivity contribution is 5.81. The molecule has 0 amide bonds. The van der Waals surface area contributed by atoms with Crippen molar-refractivity contribution >= 4 is 23.5 Å². The average Bonchev–Trinajstić information content (AvgIpc) is 3.08. The second kappa shape index (κ2) is 10.8. The maximum absolute atomic E-state index is 12.2. The molecule has 0 saturated carbocycles.